The lowest BCUT2D eigenvalue weighted by Crippen LogP contribution is -2.33. The second-order valence-corrected chi connectivity index (χ2v) is 8.24. The fraction of sp³-hybridized carbons (Fsp3) is 0.435. The molecule has 0 saturated heterocycles. The molecule has 2 atom stereocenters. The van der Waals surface area contributed by atoms with Crippen molar-refractivity contribution in [3.63, 3.8) is 0 Å². The lowest BCUT2D eigenvalue weighted by atomic mass is 9.70. The molecule has 0 saturated carbocycles. The topological polar surface area (TPSA) is 27.0 Å². The fourth-order valence-electron chi connectivity index (χ4n) is 3.59. The van der Waals surface area contributed by atoms with E-state index in [0.717, 1.165) is 29.4 Å². The highest BCUT2D eigenvalue weighted by Gasteiger charge is 2.37. The van der Waals surface area contributed by atoms with Gasteiger partial charge in [-0.25, -0.2) is 0 Å². The molecule has 3 heteroatoms. The van der Waals surface area contributed by atoms with Gasteiger partial charge in [0.05, 0.1) is 11.5 Å². The van der Waals surface area contributed by atoms with Crippen LogP contribution in [0.1, 0.15) is 50.8 Å². The molecule has 0 heterocycles. The van der Waals surface area contributed by atoms with Crippen LogP contribution in [0.3, 0.4) is 0 Å². The van der Waals surface area contributed by atoms with Gasteiger partial charge >= 0.3 is 0 Å². The van der Waals surface area contributed by atoms with E-state index in [9.17, 15) is 5.26 Å². The van der Waals surface area contributed by atoms with Crippen LogP contribution in [0.25, 0.3) is 0 Å². The molecule has 0 aliphatic carbocycles. The zero-order valence-electron chi connectivity index (χ0n) is 16.2. The normalized spacial score (nSPS) is 14.8. The molecule has 2 unspecified atom stereocenters. The summed E-state index contributed by atoms with van der Waals surface area (Å²) >= 11 is 3.65. The van der Waals surface area contributed by atoms with Crippen LogP contribution >= 0.6 is 15.9 Å². The predicted octanol–water partition coefficient (Wildman–Crippen LogP) is 6.34. The van der Waals surface area contributed by atoms with Gasteiger partial charge in [0.2, 0.25) is 0 Å². The van der Waals surface area contributed by atoms with Crippen molar-refractivity contribution >= 4 is 15.9 Å². The molecule has 0 spiro atoms. The lowest BCUT2D eigenvalue weighted by molar-refractivity contribution is 0.241. The van der Waals surface area contributed by atoms with Gasteiger partial charge in [-0.2, -0.15) is 5.26 Å². The summed E-state index contributed by atoms with van der Waals surface area (Å²) in [6.45, 7) is 7.51. The molecule has 0 bridgehead atoms. The van der Waals surface area contributed by atoms with Crippen LogP contribution in [0.2, 0.25) is 0 Å². The molecular weight excluding hydrogens is 384 g/mol. The lowest BCUT2D eigenvalue weighted by Gasteiger charge is -2.33. The molecule has 2 nitrogen and oxygen atoms in total. The van der Waals surface area contributed by atoms with Gasteiger partial charge in [0.1, 0.15) is 0 Å². The summed E-state index contributed by atoms with van der Waals surface area (Å²) in [7, 11) is 2.17. The zero-order chi connectivity index (χ0) is 19.2. The van der Waals surface area contributed by atoms with Gasteiger partial charge in [-0.3, -0.25) is 4.90 Å². The highest BCUT2D eigenvalue weighted by Crippen LogP contribution is 2.40. The summed E-state index contributed by atoms with van der Waals surface area (Å²) in [6.07, 6.45) is 1.84. The molecule has 0 N–H and O–H groups in total. The molecule has 0 radical (unpaired) electrons. The van der Waals surface area contributed by atoms with Crippen molar-refractivity contribution in [2.24, 2.45) is 5.92 Å². The van der Waals surface area contributed by atoms with E-state index in [1.807, 2.05) is 18.2 Å². The first kappa shape index (κ1) is 20.7. The molecule has 2 aromatic rings. The summed E-state index contributed by atoms with van der Waals surface area (Å²) in [6, 6.07) is 21.8. The van der Waals surface area contributed by atoms with Gasteiger partial charge in [0, 0.05) is 10.5 Å². The Bertz CT molecular complexity index is 735. The second kappa shape index (κ2) is 9.35. The highest BCUT2D eigenvalue weighted by atomic mass is 79.9. The van der Waals surface area contributed by atoms with Crippen LogP contribution < -0.4 is 0 Å². The SMILES string of the molecule is CC(c1ccccc1)N(C)CCCC(C#N)(c1ccccc1Br)C(C)C. The van der Waals surface area contributed by atoms with E-state index in [1.165, 1.54) is 5.56 Å². The Morgan fingerprint density at radius 1 is 1.04 bits per heavy atom. The first-order valence-corrected chi connectivity index (χ1v) is 10.1. The Labute approximate surface area is 167 Å². The maximum atomic E-state index is 10.1. The number of rotatable bonds is 8. The van der Waals surface area contributed by atoms with Crippen LogP contribution in [-0.4, -0.2) is 18.5 Å². The Morgan fingerprint density at radius 3 is 2.23 bits per heavy atom. The molecule has 26 heavy (non-hydrogen) atoms. The number of hydrogen-bond donors (Lipinski definition) is 0. The van der Waals surface area contributed by atoms with Crippen molar-refractivity contribution in [1.29, 1.82) is 5.26 Å². The minimum absolute atomic E-state index is 0.253. The molecule has 0 fully saturated rings. The summed E-state index contributed by atoms with van der Waals surface area (Å²) in [4.78, 5) is 2.37. The third-order valence-corrected chi connectivity index (χ3v) is 6.26. The molecule has 0 aliphatic heterocycles. The second-order valence-electron chi connectivity index (χ2n) is 7.39. The Morgan fingerprint density at radius 2 is 1.65 bits per heavy atom. The number of benzene rings is 2. The monoisotopic (exact) mass is 412 g/mol. The van der Waals surface area contributed by atoms with E-state index in [1.54, 1.807) is 0 Å². The third-order valence-electron chi connectivity index (χ3n) is 5.56. The van der Waals surface area contributed by atoms with Gasteiger partial charge in [0.25, 0.3) is 0 Å². The Hall–Kier alpha value is -1.63. The third kappa shape index (κ3) is 4.55. The van der Waals surface area contributed by atoms with E-state index < -0.39 is 5.41 Å². The number of hydrogen-bond acceptors (Lipinski definition) is 2. The molecule has 0 aromatic heterocycles. The zero-order valence-corrected chi connectivity index (χ0v) is 17.8. The minimum atomic E-state index is -0.461. The van der Waals surface area contributed by atoms with Crippen molar-refractivity contribution in [2.75, 3.05) is 13.6 Å². The van der Waals surface area contributed by atoms with Crippen LogP contribution in [0.4, 0.5) is 0 Å². The van der Waals surface area contributed by atoms with Crippen molar-refractivity contribution in [1.82, 2.24) is 4.90 Å². The number of nitrogens with zero attached hydrogens (tertiary/aromatic N) is 2. The molecule has 138 valence electrons. The maximum absolute atomic E-state index is 10.1. The van der Waals surface area contributed by atoms with E-state index in [4.69, 9.17) is 0 Å². The first-order valence-electron chi connectivity index (χ1n) is 9.34. The van der Waals surface area contributed by atoms with E-state index in [0.29, 0.717) is 6.04 Å². The standard InChI is InChI=1S/C23H29BrN2/c1-18(2)23(17-25,21-13-8-9-14-22(21)24)15-10-16-26(4)19(3)20-11-6-5-7-12-20/h5-9,11-14,18-19H,10,15-16H2,1-4H3. The van der Waals surface area contributed by atoms with Crippen LogP contribution in [0.15, 0.2) is 59.1 Å². The summed E-state index contributed by atoms with van der Waals surface area (Å²) < 4.78 is 1.03. The first-order chi connectivity index (χ1) is 12.4. The minimum Gasteiger partial charge on any atom is -0.300 e. The van der Waals surface area contributed by atoms with E-state index in [2.05, 4.69) is 91.1 Å². The van der Waals surface area contributed by atoms with E-state index >= 15 is 0 Å². The van der Waals surface area contributed by atoms with Crippen LogP contribution in [0, 0.1) is 17.2 Å². The predicted molar refractivity (Wildman–Crippen MR) is 113 cm³/mol. The maximum Gasteiger partial charge on any atom is 0.0856 e. The molecule has 0 amide bonds. The van der Waals surface area contributed by atoms with Gasteiger partial charge in [-0.1, -0.05) is 78.3 Å². The van der Waals surface area contributed by atoms with Crippen LogP contribution in [-0.2, 0) is 5.41 Å². The Kier molecular flexibility index (Phi) is 7.43. The molecule has 0 aliphatic rings. The van der Waals surface area contributed by atoms with Gasteiger partial charge in [0.15, 0.2) is 0 Å². The smallest absolute Gasteiger partial charge is 0.0856 e. The van der Waals surface area contributed by atoms with Crippen molar-refractivity contribution in [3.8, 4) is 6.07 Å². The highest BCUT2D eigenvalue weighted by molar-refractivity contribution is 9.10. The summed E-state index contributed by atoms with van der Waals surface area (Å²) in [5, 5.41) is 10.1. The van der Waals surface area contributed by atoms with Gasteiger partial charge in [-0.15, -0.1) is 0 Å². The van der Waals surface area contributed by atoms with Crippen LogP contribution in [0.5, 0.6) is 0 Å². The largest absolute Gasteiger partial charge is 0.300 e. The van der Waals surface area contributed by atoms with Crippen molar-refractivity contribution < 1.29 is 0 Å². The van der Waals surface area contributed by atoms with E-state index in [-0.39, 0.29) is 5.92 Å². The number of halogens is 1. The Balaban J connectivity index is 2.09. The molecule has 2 rings (SSSR count). The fourth-order valence-corrected chi connectivity index (χ4v) is 4.23. The van der Waals surface area contributed by atoms with Crippen molar-refractivity contribution in [3.05, 3.63) is 70.2 Å². The van der Waals surface area contributed by atoms with Crippen molar-refractivity contribution in [2.45, 2.75) is 45.1 Å². The summed E-state index contributed by atoms with van der Waals surface area (Å²) in [5.74, 6) is 0.253. The van der Waals surface area contributed by atoms with Gasteiger partial charge < -0.3 is 0 Å². The molecular formula is C23H29BrN2. The summed E-state index contributed by atoms with van der Waals surface area (Å²) in [5.41, 5.74) is 1.98. The number of nitriles is 1. The average molecular weight is 413 g/mol. The average Bonchev–Trinajstić information content (AvgIpc) is 2.66. The van der Waals surface area contributed by atoms with Gasteiger partial charge in [-0.05, 0) is 56.5 Å². The quantitative estimate of drug-likeness (QED) is 0.505. The molecule has 2 aromatic carbocycles.